The standard InChI is InChI=1S/C21H34N2O4/c1-14-7-5-6-12-21(14)18(25)23(19(26)22-21)13-17(24)27-16-10-8-15(9-11-16)20(2,3)4/h14-16H,5-13H2,1-4H3,(H,22,26). The fourth-order valence-electron chi connectivity index (χ4n) is 5.04. The van der Waals surface area contributed by atoms with Gasteiger partial charge in [0, 0.05) is 0 Å². The van der Waals surface area contributed by atoms with Crippen LogP contribution in [-0.2, 0) is 14.3 Å². The van der Waals surface area contributed by atoms with Crippen molar-refractivity contribution in [3.05, 3.63) is 0 Å². The molecule has 2 aliphatic carbocycles. The third-order valence-corrected chi connectivity index (χ3v) is 6.99. The highest BCUT2D eigenvalue weighted by molar-refractivity contribution is 6.08. The van der Waals surface area contributed by atoms with E-state index in [0.29, 0.717) is 12.3 Å². The van der Waals surface area contributed by atoms with Crippen molar-refractivity contribution in [1.29, 1.82) is 0 Å². The van der Waals surface area contributed by atoms with E-state index in [9.17, 15) is 14.4 Å². The molecule has 1 heterocycles. The summed E-state index contributed by atoms with van der Waals surface area (Å²) in [5.41, 5.74) is -0.541. The number of rotatable bonds is 3. The number of nitrogens with one attached hydrogen (secondary N) is 1. The van der Waals surface area contributed by atoms with Gasteiger partial charge < -0.3 is 10.1 Å². The highest BCUT2D eigenvalue weighted by Gasteiger charge is 2.55. The van der Waals surface area contributed by atoms with Gasteiger partial charge in [0.25, 0.3) is 5.91 Å². The number of hydrogen-bond donors (Lipinski definition) is 1. The van der Waals surface area contributed by atoms with Crippen molar-refractivity contribution in [3.8, 4) is 0 Å². The van der Waals surface area contributed by atoms with Crippen LogP contribution in [-0.4, -0.2) is 41.0 Å². The van der Waals surface area contributed by atoms with Crippen molar-refractivity contribution in [2.45, 2.75) is 90.7 Å². The fraction of sp³-hybridized carbons (Fsp3) is 0.857. The molecule has 0 radical (unpaired) electrons. The van der Waals surface area contributed by atoms with Crippen molar-refractivity contribution >= 4 is 17.9 Å². The van der Waals surface area contributed by atoms with Crippen LogP contribution in [0.5, 0.6) is 0 Å². The summed E-state index contributed by atoms with van der Waals surface area (Å²) in [6, 6.07) is -0.456. The summed E-state index contributed by atoms with van der Waals surface area (Å²) in [6.07, 6.45) is 7.28. The number of esters is 1. The molecular formula is C21H34N2O4. The first kappa shape index (κ1) is 20.2. The lowest BCUT2D eigenvalue weighted by molar-refractivity contribution is -0.154. The van der Waals surface area contributed by atoms with E-state index in [1.165, 1.54) is 0 Å². The summed E-state index contributed by atoms with van der Waals surface area (Å²) < 4.78 is 5.60. The van der Waals surface area contributed by atoms with Crippen molar-refractivity contribution in [3.63, 3.8) is 0 Å². The Hall–Kier alpha value is -1.59. The van der Waals surface area contributed by atoms with E-state index in [2.05, 4.69) is 26.1 Å². The average molecular weight is 379 g/mol. The van der Waals surface area contributed by atoms with Gasteiger partial charge in [0.1, 0.15) is 18.2 Å². The van der Waals surface area contributed by atoms with Crippen molar-refractivity contribution in [2.75, 3.05) is 6.54 Å². The lowest BCUT2D eigenvalue weighted by atomic mass is 9.72. The lowest BCUT2D eigenvalue weighted by Gasteiger charge is -2.37. The monoisotopic (exact) mass is 378 g/mol. The summed E-state index contributed by atoms with van der Waals surface area (Å²) >= 11 is 0. The SMILES string of the molecule is CC1CCCCC12NC(=O)N(CC(=O)OC1CCC(C(C)(C)C)CC1)C2=O. The van der Waals surface area contributed by atoms with E-state index in [1.807, 2.05) is 6.92 Å². The second-order valence-corrected chi connectivity index (χ2v) is 9.77. The summed E-state index contributed by atoms with van der Waals surface area (Å²) in [4.78, 5) is 38.7. The molecule has 6 nitrogen and oxygen atoms in total. The molecule has 0 bridgehead atoms. The number of hydrogen-bond acceptors (Lipinski definition) is 4. The fourth-order valence-corrected chi connectivity index (χ4v) is 5.04. The van der Waals surface area contributed by atoms with Gasteiger partial charge in [-0.25, -0.2) is 4.79 Å². The second-order valence-electron chi connectivity index (χ2n) is 9.77. The minimum absolute atomic E-state index is 0.0939. The number of nitrogens with zero attached hydrogens (tertiary/aromatic N) is 1. The van der Waals surface area contributed by atoms with Crippen LogP contribution in [0.3, 0.4) is 0 Å². The highest BCUT2D eigenvalue weighted by atomic mass is 16.5. The number of carbonyl (C=O) groups is 3. The number of amides is 3. The third kappa shape index (κ3) is 3.99. The Morgan fingerprint density at radius 2 is 1.81 bits per heavy atom. The van der Waals surface area contributed by atoms with Crippen LogP contribution in [0.25, 0.3) is 0 Å². The molecule has 152 valence electrons. The molecule has 0 aromatic heterocycles. The maximum atomic E-state index is 12.9. The summed E-state index contributed by atoms with van der Waals surface area (Å²) in [5, 5.41) is 2.88. The maximum Gasteiger partial charge on any atom is 0.326 e. The van der Waals surface area contributed by atoms with Gasteiger partial charge in [0.15, 0.2) is 0 Å². The molecule has 3 aliphatic rings. The normalized spacial score (nSPS) is 34.7. The average Bonchev–Trinajstić information content (AvgIpc) is 2.82. The zero-order valence-electron chi connectivity index (χ0n) is 17.2. The summed E-state index contributed by atoms with van der Waals surface area (Å²) in [7, 11) is 0. The molecule has 3 fully saturated rings. The van der Waals surface area contributed by atoms with Gasteiger partial charge in [-0.05, 0) is 55.8 Å². The molecule has 2 atom stereocenters. The Balaban J connectivity index is 1.54. The van der Waals surface area contributed by atoms with E-state index in [1.54, 1.807) is 0 Å². The molecule has 1 spiro atoms. The Morgan fingerprint density at radius 1 is 1.15 bits per heavy atom. The summed E-state index contributed by atoms with van der Waals surface area (Å²) in [6.45, 7) is 8.49. The number of carbonyl (C=O) groups excluding carboxylic acids is 3. The first-order valence-corrected chi connectivity index (χ1v) is 10.5. The molecule has 2 saturated carbocycles. The van der Waals surface area contributed by atoms with Crippen LogP contribution in [0.1, 0.15) is 79.1 Å². The Morgan fingerprint density at radius 3 is 2.41 bits per heavy atom. The topological polar surface area (TPSA) is 75.7 Å². The van der Waals surface area contributed by atoms with E-state index in [0.717, 1.165) is 49.8 Å². The van der Waals surface area contributed by atoms with Crippen LogP contribution < -0.4 is 5.32 Å². The molecule has 27 heavy (non-hydrogen) atoms. The second kappa shape index (κ2) is 7.44. The maximum absolute atomic E-state index is 12.9. The van der Waals surface area contributed by atoms with Crippen LogP contribution in [0, 0.1) is 17.3 Å². The molecule has 6 heteroatoms. The third-order valence-electron chi connectivity index (χ3n) is 6.99. The van der Waals surface area contributed by atoms with Crippen LogP contribution >= 0.6 is 0 Å². The first-order chi connectivity index (χ1) is 12.6. The summed E-state index contributed by atoms with van der Waals surface area (Å²) in [5.74, 6) is 0.00810. The zero-order valence-corrected chi connectivity index (χ0v) is 17.2. The van der Waals surface area contributed by atoms with Crippen LogP contribution in [0.2, 0.25) is 0 Å². The number of imide groups is 1. The quantitative estimate of drug-likeness (QED) is 0.601. The van der Waals surface area contributed by atoms with Gasteiger partial charge >= 0.3 is 12.0 Å². The highest BCUT2D eigenvalue weighted by Crippen LogP contribution is 2.39. The van der Waals surface area contributed by atoms with Gasteiger partial charge in [-0.1, -0.05) is 40.5 Å². The van der Waals surface area contributed by atoms with Crippen molar-refractivity contribution in [1.82, 2.24) is 10.2 Å². The number of ether oxygens (including phenoxy) is 1. The Bertz CT molecular complexity index is 604. The molecule has 3 rings (SSSR count). The molecule has 0 aromatic rings. The van der Waals surface area contributed by atoms with E-state index in [4.69, 9.17) is 4.74 Å². The minimum Gasteiger partial charge on any atom is -0.461 e. The minimum atomic E-state index is -0.819. The van der Waals surface area contributed by atoms with Gasteiger partial charge in [0.2, 0.25) is 0 Å². The molecule has 3 amide bonds. The molecule has 1 aliphatic heterocycles. The molecule has 0 aromatic carbocycles. The van der Waals surface area contributed by atoms with Gasteiger partial charge in [0.05, 0.1) is 0 Å². The molecule has 1 saturated heterocycles. The van der Waals surface area contributed by atoms with Gasteiger partial charge in [-0.3, -0.25) is 14.5 Å². The van der Waals surface area contributed by atoms with E-state index in [-0.39, 0.29) is 29.9 Å². The van der Waals surface area contributed by atoms with E-state index >= 15 is 0 Å². The van der Waals surface area contributed by atoms with Crippen LogP contribution in [0.15, 0.2) is 0 Å². The van der Waals surface area contributed by atoms with Crippen molar-refractivity contribution in [2.24, 2.45) is 17.3 Å². The predicted molar refractivity (Wildman–Crippen MR) is 102 cm³/mol. The molecule has 1 N–H and O–H groups in total. The largest absolute Gasteiger partial charge is 0.461 e. The lowest BCUT2D eigenvalue weighted by Crippen LogP contribution is -2.54. The molecule has 2 unspecified atom stereocenters. The van der Waals surface area contributed by atoms with Gasteiger partial charge in [-0.15, -0.1) is 0 Å². The van der Waals surface area contributed by atoms with Crippen LogP contribution in [0.4, 0.5) is 4.79 Å². The smallest absolute Gasteiger partial charge is 0.326 e. The van der Waals surface area contributed by atoms with Crippen molar-refractivity contribution < 1.29 is 19.1 Å². The number of urea groups is 1. The predicted octanol–water partition coefficient (Wildman–Crippen LogP) is 3.64. The molecular weight excluding hydrogens is 344 g/mol. The Labute approximate surface area is 162 Å². The first-order valence-electron chi connectivity index (χ1n) is 10.5. The Kier molecular flexibility index (Phi) is 5.55. The van der Waals surface area contributed by atoms with Gasteiger partial charge in [-0.2, -0.15) is 0 Å². The van der Waals surface area contributed by atoms with E-state index < -0.39 is 17.5 Å². The zero-order chi connectivity index (χ0) is 19.8.